The van der Waals surface area contributed by atoms with Crippen LogP contribution in [0.2, 0.25) is 0 Å². The third kappa shape index (κ3) is 4.18. The van der Waals surface area contributed by atoms with Gasteiger partial charge >= 0.3 is 5.97 Å². The van der Waals surface area contributed by atoms with Crippen LogP contribution in [0.15, 0.2) is 0 Å². The van der Waals surface area contributed by atoms with Crippen molar-refractivity contribution in [1.82, 2.24) is 10.2 Å². The summed E-state index contributed by atoms with van der Waals surface area (Å²) in [5.41, 5.74) is 0. The maximum absolute atomic E-state index is 12.3. The lowest BCUT2D eigenvalue weighted by Gasteiger charge is -2.37. The molecule has 0 bridgehead atoms. The van der Waals surface area contributed by atoms with Crippen LogP contribution in [0.3, 0.4) is 0 Å². The van der Waals surface area contributed by atoms with E-state index in [9.17, 15) is 9.59 Å². The summed E-state index contributed by atoms with van der Waals surface area (Å²) in [7, 11) is 1.35. The molecule has 0 spiro atoms. The predicted molar refractivity (Wildman–Crippen MR) is 75.3 cm³/mol. The molecule has 6 heteroatoms. The standard InChI is InChI=1S/C14H26N2O4/c1-5-11(6-2)15-13(17)10(3)16-7-8-20-9-12(16)14(18)19-4/h10-12H,5-9H2,1-4H3,(H,15,17). The number of carbonyl (C=O) groups excluding carboxylic acids is 2. The lowest BCUT2D eigenvalue weighted by atomic mass is 10.1. The molecule has 1 amide bonds. The second kappa shape index (κ2) is 8.21. The summed E-state index contributed by atoms with van der Waals surface area (Å²) in [6.07, 6.45) is 1.80. The van der Waals surface area contributed by atoms with Crippen LogP contribution < -0.4 is 5.32 Å². The van der Waals surface area contributed by atoms with Gasteiger partial charge in [0, 0.05) is 12.6 Å². The molecule has 0 aromatic carbocycles. The topological polar surface area (TPSA) is 67.9 Å². The van der Waals surface area contributed by atoms with Crippen molar-refractivity contribution in [2.45, 2.75) is 51.7 Å². The van der Waals surface area contributed by atoms with E-state index in [1.807, 2.05) is 25.7 Å². The van der Waals surface area contributed by atoms with Crippen molar-refractivity contribution in [3.63, 3.8) is 0 Å². The number of amides is 1. The zero-order valence-electron chi connectivity index (χ0n) is 12.8. The zero-order chi connectivity index (χ0) is 15.1. The molecular formula is C14H26N2O4. The van der Waals surface area contributed by atoms with Crippen molar-refractivity contribution in [1.29, 1.82) is 0 Å². The lowest BCUT2D eigenvalue weighted by molar-refractivity contribution is -0.156. The third-order valence-corrected chi connectivity index (χ3v) is 3.85. The second-order valence-corrected chi connectivity index (χ2v) is 5.05. The van der Waals surface area contributed by atoms with Crippen LogP contribution in [0.25, 0.3) is 0 Å². The van der Waals surface area contributed by atoms with E-state index >= 15 is 0 Å². The van der Waals surface area contributed by atoms with Gasteiger partial charge in [-0.15, -0.1) is 0 Å². The Morgan fingerprint density at radius 3 is 2.60 bits per heavy atom. The Balaban J connectivity index is 2.69. The normalized spacial score (nSPS) is 21.6. The number of hydrogen-bond donors (Lipinski definition) is 1. The summed E-state index contributed by atoms with van der Waals surface area (Å²) < 4.78 is 10.1. The molecule has 1 aliphatic rings. The monoisotopic (exact) mass is 286 g/mol. The van der Waals surface area contributed by atoms with Gasteiger partial charge in [0.05, 0.1) is 26.4 Å². The van der Waals surface area contributed by atoms with Crippen molar-refractivity contribution < 1.29 is 19.1 Å². The van der Waals surface area contributed by atoms with E-state index in [1.54, 1.807) is 0 Å². The summed E-state index contributed by atoms with van der Waals surface area (Å²) in [5.74, 6) is -0.401. The Morgan fingerprint density at radius 1 is 1.40 bits per heavy atom. The second-order valence-electron chi connectivity index (χ2n) is 5.05. The molecule has 1 saturated heterocycles. The highest BCUT2D eigenvalue weighted by atomic mass is 16.5. The van der Waals surface area contributed by atoms with Gasteiger partial charge in [-0.05, 0) is 19.8 Å². The van der Waals surface area contributed by atoms with Crippen LogP contribution in [0, 0.1) is 0 Å². The molecule has 0 saturated carbocycles. The quantitative estimate of drug-likeness (QED) is 0.722. The van der Waals surface area contributed by atoms with Crippen molar-refractivity contribution in [2.24, 2.45) is 0 Å². The fraction of sp³-hybridized carbons (Fsp3) is 0.857. The molecule has 116 valence electrons. The molecule has 1 fully saturated rings. The van der Waals surface area contributed by atoms with Gasteiger partial charge in [0.15, 0.2) is 0 Å². The minimum Gasteiger partial charge on any atom is -0.468 e. The van der Waals surface area contributed by atoms with Gasteiger partial charge in [0.2, 0.25) is 5.91 Å². The summed E-state index contributed by atoms with van der Waals surface area (Å²) in [6.45, 7) is 7.26. The average Bonchev–Trinajstić information content (AvgIpc) is 2.50. The molecule has 0 aromatic heterocycles. The van der Waals surface area contributed by atoms with E-state index in [0.29, 0.717) is 13.2 Å². The smallest absolute Gasteiger partial charge is 0.325 e. The highest BCUT2D eigenvalue weighted by Crippen LogP contribution is 2.13. The van der Waals surface area contributed by atoms with Crippen LogP contribution in [0.4, 0.5) is 0 Å². The SMILES string of the molecule is CCC(CC)NC(=O)C(C)N1CCOCC1C(=O)OC. The van der Waals surface area contributed by atoms with E-state index in [2.05, 4.69) is 5.32 Å². The number of esters is 1. The number of nitrogens with zero attached hydrogens (tertiary/aromatic N) is 1. The number of morpholine rings is 1. The summed E-state index contributed by atoms with van der Waals surface area (Å²) in [6, 6.07) is -0.692. The van der Waals surface area contributed by atoms with Crippen LogP contribution in [-0.4, -0.2) is 61.8 Å². The van der Waals surface area contributed by atoms with Crippen LogP contribution >= 0.6 is 0 Å². The van der Waals surface area contributed by atoms with E-state index < -0.39 is 6.04 Å². The highest BCUT2D eigenvalue weighted by Gasteiger charge is 2.36. The van der Waals surface area contributed by atoms with Gasteiger partial charge < -0.3 is 14.8 Å². The molecule has 2 unspecified atom stereocenters. The van der Waals surface area contributed by atoms with Gasteiger partial charge in [-0.25, -0.2) is 0 Å². The highest BCUT2D eigenvalue weighted by molar-refractivity contribution is 5.83. The van der Waals surface area contributed by atoms with Crippen molar-refractivity contribution in [3.8, 4) is 0 Å². The summed E-state index contributed by atoms with van der Waals surface area (Å²) in [4.78, 5) is 25.9. The molecule has 20 heavy (non-hydrogen) atoms. The van der Waals surface area contributed by atoms with E-state index in [1.165, 1.54) is 7.11 Å². The maximum atomic E-state index is 12.3. The van der Waals surface area contributed by atoms with Gasteiger partial charge in [-0.2, -0.15) is 0 Å². The first-order chi connectivity index (χ1) is 9.54. The van der Waals surface area contributed by atoms with E-state index in [-0.39, 0.29) is 30.6 Å². The molecule has 0 aromatic rings. The fourth-order valence-electron chi connectivity index (χ4n) is 2.38. The predicted octanol–water partition coefficient (Wildman–Crippen LogP) is 0.554. The maximum Gasteiger partial charge on any atom is 0.325 e. The first-order valence-corrected chi connectivity index (χ1v) is 7.26. The zero-order valence-corrected chi connectivity index (χ0v) is 12.8. The van der Waals surface area contributed by atoms with Gasteiger partial charge in [-0.3, -0.25) is 14.5 Å². The number of hydrogen-bond acceptors (Lipinski definition) is 5. The third-order valence-electron chi connectivity index (χ3n) is 3.85. The molecule has 0 radical (unpaired) electrons. The van der Waals surface area contributed by atoms with Crippen molar-refractivity contribution >= 4 is 11.9 Å². The molecule has 1 rings (SSSR count). The molecule has 1 N–H and O–H groups in total. The molecule has 2 atom stereocenters. The average molecular weight is 286 g/mol. The van der Waals surface area contributed by atoms with E-state index in [0.717, 1.165) is 12.8 Å². The molecule has 6 nitrogen and oxygen atoms in total. The van der Waals surface area contributed by atoms with Crippen molar-refractivity contribution in [2.75, 3.05) is 26.9 Å². The van der Waals surface area contributed by atoms with Crippen LogP contribution in [0.1, 0.15) is 33.6 Å². The minimum absolute atomic E-state index is 0.0468. The number of ether oxygens (including phenoxy) is 2. The Labute approximate surface area is 120 Å². The Morgan fingerprint density at radius 2 is 2.05 bits per heavy atom. The Kier molecular flexibility index (Phi) is 6.95. The van der Waals surface area contributed by atoms with Gasteiger partial charge in [0.1, 0.15) is 6.04 Å². The first kappa shape index (κ1) is 16.9. The molecule has 0 aliphatic carbocycles. The number of nitrogens with one attached hydrogen (secondary N) is 1. The number of rotatable bonds is 6. The Bertz CT molecular complexity index is 331. The van der Waals surface area contributed by atoms with Crippen LogP contribution in [-0.2, 0) is 19.1 Å². The Hall–Kier alpha value is -1.14. The van der Waals surface area contributed by atoms with Gasteiger partial charge in [0.25, 0.3) is 0 Å². The lowest BCUT2D eigenvalue weighted by Crippen LogP contribution is -2.58. The number of methoxy groups -OCH3 is 1. The molecule has 1 heterocycles. The largest absolute Gasteiger partial charge is 0.468 e. The van der Waals surface area contributed by atoms with Gasteiger partial charge in [-0.1, -0.05) is 13.8 Å². The van der Waals surface area contributed by atoms with E-state index in [4.69, 9.17) is 9.47 Å². The summed E-state index contributed by atoms with van der Waals surface area (Å²) >= 11 is 0. The summed E-state index contributed by atoms with van der Waals surface area (Å²) in [5, 5.41) is 3.02. The van der Waals surface area contributed by atoms with Crippen molar-refractivity contribution in [3.05, 3.63) is 0 Å². The minimum atomic E-state index is -0.504. The fourth-order valence-corrected chi connectivity index (χ4v) is 2.38. The van der Waals surface area contributed by atoms with Crippen LogP contribution in [0.5, 0.6) is 0 Å². The first-order valence-electron chi connectivity index (χ1n) is 7.26. The molecule has 1 aliphatic heterocycles. The molecular weight excluding hydrogens is 260 g/mol. The number of carbonyl (C=O) groups is 2.